The highest BCUT2D eigenvalue weighted by Crippen LogP contribution is 2.52. The number of hydrogen-bond acceptors (Lipinski definition) is 5. The SMILES string of the molecule is COc1cc(C2C3=C(CC(C)(C)CC3=O)NC3=C2C(=O)CC(C)(C)C3)cc(Br)c1OCc1ccc(C)cc1. The number of benzene rings is 2. The van der Waals surface area contributed by atoms with Crippen LogP contribution in [0, 0.1) is 17.8 Å². The molecule has 38 heavy (non-hydrogen) atoms. The maximum Gasteiger partial charge on any atom is 0.175 e. The molecule has 0 bridgehead atoms. The molecule has 0 spiro atoms. The Balaban J connectivity index is 1.59. The van der Waals surface area contributed by atoms with E-state index >= 15 is 0 Å². The van der Waals surface area contributed by atoms with Crippen molar-refractivity contribution >= 4 is 27.5 Å². The first-order chi connectivity index (χ1) is 17.9. The van der Waals surface area contributed by atoms with Gasteiger partial charge in [-0.15, -0.1) is 0 Å². The van der Waals surface area contributed by atoms with Crippen LogP contribution in [0.25, 0.3) is 0 Å². The summed E-state index contributed by atoms with van der Waals surface area (Å²) in [6, 6.07) is 12.1. The van der Waals surface area contributed by atoms with Crippen LogP contribution in [0.4, 0.5) is 0 Å². The molecule has 2 aliphatic carbocycles. The number of ether oxygens (including phenoxy) is 2. The molecule has 0 saturated heterocycles. The second kappa shape index (κ2) is 9.71. The minimum atomic E-state index is -0.426. The van der Waals surface area contributed by atoms with E-state index in [4.69, 9.17) is 9.47 Å². The van der Waals surface area contributed by atoms with E-state index in [2.05, 4.69) is 68.0 Å². The van der Waals surface area contributed by atoms with Gasteiger partial charge in [-0.1, -0.05) is 57.5 Å². The summed E-state index contributed by atoms with van der Waals surface area (Å²) in [5.41, 5.74) is 6.20. The van der Waals surface area contributed by atoms with Crippen LogP contribution in [-0.4, -0.2) is 18.7 Å². The van der Waals surface area contributed by atoms with Crippen molar-refractivity contribution in [2.75, 3.05) is 7.11 Å². The quantitative estimate of drug-likeness (QED) is 0.403. The summed E-state index contributed by atoms with van der Waals surface area (Å²) in [4.78, 5) is 27.3. The Morgan fingerprint density at radius 1 is 0.895 bits per heavy atom. The molecule has 200 valence electrons. The van der Waals surface area contributed by atoms with E-state index in [1.54, 1.807) is 7.11 Å². The topological polar surface area (TPSA) is 64.6 Å². The zero-order chi connectivity index (χ0) is 27.4. The number of methoxy groups -OCH3 is 1. The van der Waals surface area contributed by atoms with Crippen LogP contribution in [0.5, 0.6) is 11.5 Å². The number of dihydropyridines is 1. The number of allylic oxidation sites excluding steroid dienone is 4. The van der Waals surface area contributed by atoms with Gasteiger partial charge in [0.15, 0.2) is 23.1 Å². The summed E-state index contributed by atoms with van der Waals surface area (Å²) >= 11 is 3.71. The highest BCUT2D eigenvalue weighted by molar-refractivity contribution is 9.10. The van der Waals surface area contributed by atoms with Gasteiger partial charge in [0.1, 0.15) is 6.61 Å². The molecule has 0 saturated carbocycles. The van der Waals surface area contributed by atoms with Gasteiger partial charge in [-0.2, -0.15) is 0 Å². The minimum absolute atomic E-state index is 0.104. The molecular formula is C32H36BrNO4. The molecule has 5 nitrogen and oxygen atoms in total. The summed E-state index contributed by atoms with van der Waals surface area (Å²) in [6.07, 6.45) is 2.46. The number of carbonyl (C=O) groups excluding carboxylic acids is 2. The molecule has 6 heteroatoms. The monoisotopic (exact) mass is 577 g/mol. The van der Waals surface area contributed by atoms with Gasteiger partial charge in [0.25, 0.3) is 0 Å². The van der Waals surface area contributed by atoms with Crippen LogP contribution < -0.4 is 14.8 Å². The first-order valence-electron chi connectivity index (χ1n) is 13.2. The van der Waals surface area contributed by atoms with Crippen molar-refractivity contribution in [3.8, 4) is 11.5 Å². The zero-order valence-electron chi connectivity index (χ0n) is 23.1. The number of hydrogen-bond donors (Lipinski definition) is 1. The third kappa shape index (κ3) is 5.07. The molecule has 0 fully saturated rings. The molecule has 0 aromatic heterocycles. The van der Waals surface area contributed by atoms with Gasteiger partial charge in [-0.05, 0) is 69.8 Å². The molecule has 1 heterocycles. The maximum absolute atomic E-state index is 13.6. The van der Waals surface area contributed by atoms with Gasteiger partial charge in [0, 0.05) is 41.3 Å². The summed E-state index contributed by atoms with van der Waals surface area (Å²) in [5, 5.41) is 3.58. The van der Waals surface area contributed by atoms with E-state index in [0.29, 0.717) is 30.9 Å². The Morgan fingerprint density at radius 3 is 1.97 bits per heavy atom. The van der Waals surface area contributed by atoms with Gasteiger partial charge in [-0.3, -0.25) is 9.59 Å². The number of rotatable bonds is 5. The molecule has 0 amide bonds. The van der Waals surface area contributed by atoms with E-state index in [0.717, 1.165) is 51.0 Å². The number of carbonyl (C=O) groups is 2. The lowest BCUT2D eigenvalue weighted by Gasteiger charge is -2.44. The van der Waals surface area contributed by atoms with Crippen molar-refractivity contribution in [3.05, 3.63) is 80.1 Å². The summed E-state index contributed by atoms with van der Waals surface area (Å²) < 4.78 is 12.7. The van der Waals surface area contributed by atoms with E-state index < -0.39 is 5.92 Å². The van der Waals surface area contributed by atoms with E-state index in [1.807, 2.05) is 24.3 Å². The molecule has 0 unspecified atom stereocenters. The zero-order valence-corrected chi connectivity index (χ0v) is 24.7. The number of halogens is 1. The molecule has 0 atom stereocenters. The number of aryl methyl sites for hydroxylation is 1. The largest absolute Gasteiger partial charge is 0.493 e. The maximum atomic E-state index is 13.6. The molecule has 3 aliphatic rings. The second-order valence-electron chi connectivity index (χ2n) is 12.5. The molecule has 2 aromatic carbocycles. The smallest absolute Gasteiger partial charge is 0.175 e. The molecule has 2 aromatic rings. The molecule has 1 N–H and O–H groups in total. The predicted octanol–water partition coefficient (Wildman–Crippen LogP) is 7.32. The molecule has 0 radical (unpaired) electrons. The van der Waals surface area contributed by atoms with E-state index in [1.165, 1.54) is 5.56 Å². The van der Waals surface area contributed by atoms with Crippen molar-refractivity contribution in [2.45, 2.75) is 72.8 Å². The van der Waals surface area contributed by atoms with Gasteiger partial charge in [0.05, 0.1) is 11.6 Å². The Bertz CT molecular complexity index is 1330. The first-order valence-corrected chi connectivity index (χ1v) is 14.0. The standard InChI is InChI=1S/C32H36BrNO4/c1-18-7-9-19(10-8-18)17-38-30-21(33)11-20(12-26(30)37-6)27-28-22(13-31(2,3)15-24(28)35)34-23-14-32(4,5)16-25(36)29(23)27/h7-12,27,34H,13-17H2,1-6H3. The van der Waals surface area contributed by atoms with Crippen LogP contribution in [0.15, 0.2) is 63.4 Å². The Kier molecular flexibility index (Phi) is 6.83. The van der Waals surface area contributed by atoms with Crippen LogP contribution >= 0.6 is 15.9 Å². The highest BCUT2D eigenvalue weighted by atomic mass is 79.9. The molecule has 1 aliphatic heterocycles. The summed E-state index contributed by atoms with van der Waals surface area (Å²) in [5.74, 6) is 0.947. The summed E-state index contributed by atoms with van der Waals surface area (Å²) in [6.45, 7) is 11.0. The molecular weight excluding hydrogens is 542 g/mol. The summed E-state index contributed by atoms with van der Waals surface area (Å²) in [7, 11) is 1.62. The highest BCUT2D eigenvalue weighted by Gasteiger charge is 2.46. The van der Waals surface area contributed by atoms with Crippen LogP contribution in [0.1, 0.15) is 76.0 Å². The fourth-order valence-corrected chi connectivity index (χ4v) is 6.68. The van der Waals surface area contributed by atoms with E-state index in [9.17, 15) is 9.59 Å². The van der Waals surface area contributed by atoms with Crippen molar-refractivity contribution in [2.24, 2.45) is 10.8 Å². The Hall–Kier alpha value is -2.86. The van der Waals surface area contributed by atoms with Gasteiger partial charge in [0.2, 0.25) is 0 Å². The average molecular weight is 579 g/mol. The number of nitrogens with one attached hydrogen (secondary N) is 1. The number of ketones is 2. The molecule has 5 rings (SSSR count). The van der Waals surface area contributed by atoms with Crippen LogP contribution in [0.2, 0.25) is 0 Å². The Morgan fingerprint density at radius 2 is 1.45 bits per heavy atom. The third-order valence-electron chi connectivity index (χ3n) is 7.81. The normalized spacial score (nSPS) is 20.6. The van der Waals surface area contributed by atoms with Gasteiger partial charge in [-0.25, -0.2) is 0 Å². The lowest BCUT2D eigenvalue weighted by atomic mass is 9.64. The third-order valence-corrected chi connectivity index (χ3v) is 8.40. The van der Waals surface area contributed by atoms with Gasteiger partial charge < -0.3 is 14.8 Å². The average Bonchev–Trinajstić information content (AvgIpc) is 2.81. The number of Topliss-reactive ketones (excluding diaryl/α,β-unsaturated/α-hetero) is 2. The first kappa shape index (κ1) is 26.7. The van der Waals surface area contributed by atoms with E-state index in [-0.39, 0.29) is 22.4 Å². The van der Waals surface area contributed by atoms with Crippen molar-refractivity contribution < 1.29 is 19.1 Å². The van der Waals surface area contributed by atoms with Gasteiger partial charge >= 0.3 is 0 Å². The fourth-order valence-electron chi connectivity index (χ4n) is 6.11. The minimum Gasteiger partial charge on any atom is -0.493 e. The lowest BCUT2D eigenvalue weighted by molar-refractivity contribution is -0.119. The lowest BCUT2D eigenvalue weighted by Crippen LogP contribution is -2.42. The fraction of sp³-hybridized carbons (Fsp3) is 0.438. The van der Waals surface area contributed by atoms with Crippen molar-refractivity contribution in [1.82, 2.24) is 5.32 Å². The van der Waals surface area contributed by atoms with Crippen molar-refractivity contribution in [1.29, 1.82) is 0 Å². The predicted molar refractivity (Wildman–Crippen MR) is 152 cm³/mol. The second-order valence-corrected chi connectivity index (χ2v) is 13.4. The van der Waals surface area contributed by atoms with Crippen LogP contribution in [-0.2, 0) is 16.2 Å². The Labute approximate surface area is 233 Å². The van der Waals surface area contributed by atoms with Crippen molar-refractivity contribution in [3.63, 3.8) is 0 Å². The van der Waals surface area contributed by atoms with Crippen LogP contribution in [0.3, 0.4) is 0 Å².